The van der Waals surface area contributed by atoms with E-state index in [1.165, 1.54) is 6.33 Å². The Hall–Kier alpha value is -1.36. The third-order valence-corrected chi connectivity index (χ3v) is 2.22. The first kappa shape index (κ1) is 9.21. The van der Waals surface area contributed by atoms with E-state index in [-0.39, 0.29) is 0 Å². The van der Waals surface area contributed by atoms with E-state index in [0.29, 0.717) is 11.9 Å². The molecule has 5 nitrogen and oxygen atoms in total. The summed E-state index contributed by atoms with van der Waals surface area (Å²) < 4.78 is 5.47. The Morgan fingerprint density at radius 2 is 2.50 bits per heavy atom. The zero-order valence-electron chi connectivity index (χ0n) is 7.94. The van der Waals surface area contributed by atoms with Crippen LogP contribution < -0.4 is 11.1 Å². The van der Waals surface area contributed by atoms with Crippen LogP contribution in [0.3, 0.4) is 0 Å². The number of nitrogen functional groups attached to an aromatic ring is 1. The van der Waals surface area contributed by atoms with Crippen molar-refractivity contribution in [2.24, 2.45) is 0 Å². The van der Waals surface area contributed by atoms with Crippen LogP contribution in [0.1, 0.15) is 12.8 Å². The smallest absolute Gasteiger partial charge is 0.131 e. The number of hydrogen-bond acceptors (Lipinski definition) is 5. The molecule has 1 aliphatic heterocycles. The second-order valence-electron chi connectivity index (χ2n) is 3.34. The van der Waals surface area contributed by atoms with E-state index in [9.17, 15) is 0 Å². The first-order valence-electron chi connectivity index (χ1n) is 4.77. The van der Waals surface area contributed by atoms with Gasteiger partial charge in [0.2, 0.25) is 0 Å². The van der Waals surface area contributed by atoms with E-state index in [1.807, 2.05) is 0 Å². The summed E-state index contributed by atoms with van der Waals surface area (Å²) in [6.45, 7) is 1.66. The van der Waals surface area contributed by atoms with Gasteiger partial charge >= 0.3 is 0 Å². The number of rotatable bonds is 3. The Kier molecular flexibility index (Phi) is 2.78. The molecule has 1 atom stereocenters. The molecule has 0 aliphatic carbocycles. The molecule has 0 bridgehead atoms. The van der Waals surface area contributed by atoms with E-state index in [0.717, 1.165) is 31.8 Å². The summed E-state index contributed by atoms with van der Waals surface area (Å²) >= 11 is 0. The number of nitrogens with two attached hydrogens (primary N) is 1. The maximum absolute atomic E-state index is 5.52. The number of anilines is 2. The van der Waals surface area contributed by atoms with Crippen LogP contribution in [0.2, 0.25) is 0 Å². The number of ether oxygens (including phenoxy) is 1. The molecule has 1 fully saturated rings. The minimum absolute atomic E-state index is 0.311. The molecule has 0 aromatic carbocycles. The fourth-order valence-corrected chi connectivity index (χ4v) is 1.49. The molecule has 1 aliphatic rings. The molecule has 76 valence electrons. The zero-order chi connectivity index (χ0) is 9.80. The number of nitrogens with zero attached hydrogens (tertiary/aromatic N) is 2. The third kappa shape index (κ3) is 2.32. The van der Waals surface area contributed by atoms with Crippen molar-refractivity contribution in [1.82, 2.24) is 9.97 Å². The summed E-state index contributed by atoms with van der Waals surface area (Å²) in [7, 11) is 0. The normalized spacial score (nSPS) is 21.0. The van der Waals surface area contributed by atoms with Crippen LogP contribution in [0, 0.1) is 0 Å². The van der Waals surface area contributed by atoms with Crippen molar-refractivity contribution in [2.45, 2.75) is 18.9 Å². The molecule has 5 heteroatoms. The second-order valence-corrected chi connectivity index (χ2v) is 3.34. The summed E-state index contributed by atoms with van der Waals surface area (Å²) in [6.07, 6.45) is 4.03. The molecule has 1 saturated heterocycles. The topological polar surface area (TPSA) is 73.1 Å². The van der Waals surface area contributed by atoms with Crippen molar-refractivity contribution in [3.63, 3.8) is 0 Å². The lowest BCUT2D eigenvalue weighted by Crippen LogP contribution is -2.19. The largest absolute Gasteiger partial charge is 0.384 e. The highest BCUT2D eigenvalue weighted by molar-refractivity contribution is 5.43. The molecule has 0 saturated carbocycles. The molecule has 0 amide bonds. The highest BCUT2D eigenvalue weighted by Crippen LogP contribution is 2.13. The van der Waals surface area contributed by atoms with Crippen LogP contribution in [0.4, 0.5) is 11.6 Å². The average molecular weight is 194 g/mol. The van der Waals surface area contributed by atoms with E-state index in [4.69, 9.17) is 10.5 Å². The van der Waals surface area contributed by atoms with Gasteiger partial charge in [-0.15, -0.1) is 0 Å². The van der Waals surface area contributed by atoms with Gasteiger partial charge < -0.3 is 15.8 Å². The number of nitrogens with one attached hydrogen (secondary N) is 1. The van der Waals surface area contributed by atoms with E-state index in [2.05, 4.69) is 15.3 Å². The molecule has 0 unspecified atom stereocenters. The molecule has 2 rings (SSSR count). The lowest BCUT2D eigenvalue weighted by atomic mass is 10.2. The summed E-state index contributed by atoms with van der Waals surface area (Å²) in [5, 5.41) is 3.17. The first-order chi connectivity index (χ1) is 6.84. The fraction of sp³-hybridized carbons (Fsp3) is 0.556. The van der Waals surface area contributed by atoms with Crippen LogP contribution in [0.5, 0.6) is 0 Å². The predicted octanol–water partition coefficient (Wildman–Crippen LogP) is 0.650. The van der Waals surface area contributed by atoms with Gasteiger partial charge in [-0.3, -0.25) is 0 Å². The van der Waals surface area contributed by atoms with E-state index in [1.54, 1.807) is 6.07 Å². The maximum Gasteiger partial charge on any atom is 0.131 e. The Balaban J connectivity index is 1.85. The van der Waals surface area contributed by atoms with Crippen molar-refractivity contribution in [3.05, 3.63) is 12.4 Å². The molecular weight excluding hydrogens is 180 g/mol. The van der Waals surface area contributed by atoms with Crippen LogP contribution in [-0.2, 0) is 4.74 Å². The van der Waals surface area contributed by atoms with Crippen molar-refractivity contribution in [1.29, 1.82) is 0 Å². The van der Waals surface area contributed by atoms with Gasteiger partial charge in [0.05, 0.1) is 6.10 Å². The monoisotopic (exact) mass is 194 g/mol. The SMILES string of the molecule is Nc1cc(NC[C@@H]2CCCO2)ncn1. The van der Waals surface area contributed by atoms with Gasteiger partial charge in [-0.1, -0.05) is 0 Å². The van der Waals surface area contributed by atoms with E-state index >= 15 is 0 Å². The van der Waals surface area contributed by atoms with Gasteiger partial charge in [0.1, 0.15) is 18.0 Å². The van der Waals surface area contributed by atoms with Crippen molar-refractivity contribution >= 4 is 11.6 Å². The standard InChI is InChI=1S/C9H14N4O/c10-8-4-9(13-6-12-8)11-5-7-2-1-3-14-7/h4,6-7H,1-3,5H2,(H3,10,11,12,13)/t7-/m0/s1. The van der Waals surface area contributed by atoms with Crippen LogP contribution >= 0.6 is 0 Å². The van der Waals surface area contributed by atoms with Gasteiger partial charge in [0.25, 0.3) is 0 Å². The van der Waals surface area contributed by atoms with Gasteiger partial charge in [0, 0.05) is 19.2 Å². The van der Waals surface area contributed by atoms with Gasteiger partial charge in [-0.05, 0) is 12.8 Å². The van der Waals surface area contributed by atoms with Crippen LogP contribution in [0.15, 0.2) is 12.4 Å². The number of hydrogen-bond donors (Lipinski definition) is 2. The molecule has 3 N–H and O–H groups in total. The van der Waals surface area contributed by atoms with Crippen molar-refractivity contribution < 1.29 is 4.74 Å². The fourth-order valence-electron chi connectivity index (χ4n) is 1.49. The molecule has 0 radical (unpaired) electrons. The molecule has 1 aromatic heterocycles. The predicted molar refractivity (Wildman–Crippen MR) is 53.9 cm³/mol. The minimum Gasteiger partial charge on any atom is -0.384 e. The van der Waals surface area contributed by atoms with Gasteiger partial charge in [-0.2, -0.15) is 0 Å². The molecule has 0 spiro atoms. The van der Waals surface area contributed by atoms with Gasteiger partial charge in [0.15, 0.2) is 0 Å². The molecular formula is C9H14N4O. The lowest BCUT2D eigenvalue weighted by molar-refractivity contribution is 0.120. The van der Waals surface area contributed by atoms with E-state index < -0.39 is 0 Å². The summed E-state index contributed by atoms with van der Waals surface area (Å²) in [4.78, 5) is 7.86. The lowest BCUT2D eigenvalue weighted by Gasteiger charge is -2.10. The highest BCUT2D eigenvalue weighted by Gasteiger charge is 2.14. The third-order valence-electron chi connectivity index (χ3n) is 2.22. The summed E-state index contributed by atoms with van der Waals surface area (Å²) in [5.74, 6) is 1.24. The Bertz CT molecular complexity index is 299. The second kappa shape index (κ2) is 4.23. The first-order valence-corrected chi connectivity index (χ1v) is 4.77. The van der Waals surface area contributed by atoms with Crippen molar-refractivity contribution in [3.8, 4) is 0 Å². The Morgan fingerprint density at radius 1 is 1.57 bits per heavy atom. The molecule has 14 heavy (non-hydrogen) atoms. The van der Waals surface area contributed by atoms with Crippen LogP contribution in [-0.4, -0.2) is 29.2 Å². The molecule has 2 heterocycles. The van der Waals surface area contributed by atoms with Crippen LogP contribution in [0.25, 0.3) is 0 Å². The Labute approximate surface area is 82.7 Å². The maximum atomic E-state index is 5.52. The number of aromatic nitrogens is 2. The quantitative estimate of drug-likeness (QED) is 0.739. The highest BCUT2D eigenvalue weighted by atomic mass is 16.5. The van der Waals surface area contributed by atoms with Crippen molar-refractivity contribution in [2.75, 3.05) is 24.2 Å². The molecule has 1 aromatic rings. The summed E-state index contributed by atoms with van der Waals surface area (Å²) in [6, 6.07) is 1.72. The average Bonchev–Trinajstić information content (AvgIpc) is 2.67. The van der Waals surface area contributed by atoms with Gasteiger partial charge in [-0.25, -0.2) is 9.97 Å². The zero-order valence-corrected chi connectivity index (χ0v) is 7.94. The Morgan fingerprint density at radius 3 is 3.21 bits per heavy atom. The summed E-state index contributed by atoms with van der Waals surface area (Å²) in [5.41, 5.74) is 5.52. The minimum atomic E-state index is 0.311.